The van der Waals surface area contributed by atoms with Gasteiger partial charge in [0.2, 0.25) is 5.82 Å². The number of benzene rings is 4. The summed E-state index contributed by atoms with van der Waals surface area (Å²) in [6.45, 7) is 4.07. The number of aryl methyl sites for hydroxylation is 2. The normalized spacial score (nSPS) is 10.9. The third-order valence-corrected chi connectivity index (χ3v) is 5.41. The maximum atomic E-state index is 13.0. The van der Waals surface area contributed by atoms with Crippen LogP contribution < -0.4 is 5.32 Å². The number of aromatic nitrogens is 3. The minimum absolute atomic E-state index is 0.120. The van der Waals surface area contributed by atoms with Crippen LogP contribution in [0, 0.1) is 13.8 Å². The fourth-order valence-corrected chi connectivity index (χ4v) is 3.62. The van der Waals surface area contributed by atoms with Crippen LogP contribution in [0.15, 0.2) is 91.0 Å². The number of fused-ring (bicyclic) bond motifs is 1. The van der Waals surface area contributed by atoms with Crippen LogP contribution in [0.1, 0.15) is 21.7 Å². The van der Waals surface area contributed by atoms with Crippen molar-refractivity contribution in [3.63, 3.8) is 0 Å². The predicted octanol–water partition coefficient (Wildman–Crippen LogP) is 5.96. The molecule has 0 aliphatic rings. The molecule has 32 heavy (non-hydrogen) atoms. The van der Waals surface area contributed by atoms with Gasteiger partial charge in [0, 0.05) is 11.3 Å². The molecule has 0 aliphatic heterocycles. The molecule has 1 N–H and O–H groups in total. The lowest BCUT2D eigenvalue weighted by Crippen LogP contribution is -2.14. The molecule has 4 aromatic carbocycles. The van der Waals surface area contributed by atoms with E-state index in [9.17, 15) is 4.79 Å². The lowest BCUT2D eigenvalue weighted by molar-refractivity contribution is 0.101. The summed E-state index contributed by atoms with van der Waals surface area (Å²) in [6.07, 6.45) is 0. The second kappa shape index (κ2) is 8.12. The molecule has 5 rings (SSSR count). The molecule has 5 heteroatoms. The fourth-order valence-electron chi connectivity index (χ4n) is 3.62. The summed E-state index contributed by atoms with van der Waals surface area (Å²) in [6, 6.07) is 29.9. The Balaban J connectivity index is 1.52. The third kappa shape index (κ3) is 3.88. The van der Waals surface area contributed by atoms with E-state index in [1.165, 1.54) is 0 Å². The van der Waals surface area contributed by atoms with E-state index in [1.807, 2.05) is 105 Å². The van der Waals surface area contributed by atoms with Gasteiger partial charge in [-0.05, 0) is 48.9 Å². The van der Waals surface area contributed by atoms with E-state index >= 15 is 0 Å². The van der Waals surface area contributed by atoms with E-state index < -0.39 is 0 Å². The number of nitrogens with zero attached hydrogens (tertiary/aromatic N) is 3. The topological polar surface area (TPSA) is 59.8 Å². The van der Waals surface area contributed by atoms with Gasteiger partial charge in [-0.2, -0.15) is 0 Å². The van der Waals surface area contributed by atoms with E-state index in [2.05, 4.69) is 15.4 Å². The van der Waals surface area contributed by atoms with Crippen molar-refractivity contribution < 1.29 is 4.79 Å². The molecule has 0 fully saturated rings. The fraction of sp³-hybridized carbons (Fsp3) is 0.0741. The van der Waals surface area contributed by atoms with E-state index in [1.54, 1.807) is 4.68 Å². The largest absolute Gasteiger partial charge is 0.319 e. The summed E-state index contributed by atoms with van der Waals surface area (Å²) < 4.78 is 1.72. The Bertz CT molecular complexity index is 1350. The third-order valence-electron chi connectivity index (χ3n) is 5.41. The van der Waals surface area contributed by atoms with E-state index in [0.29, 0.717) is 11.5 Å². The Morgan fingerprint density at radius 2 is 1.44 bits per heavy atom. The van der Waals surface area contributed by atoms with Crippen molar-refractivity contribution in [2.75, 3.05) is 5.32 Å². The smallest absolute Gasteiger partial charge is 0.295 e. The molecule has 0 aliphatic carbocycles. The molecule has 1 amide bonds. The molecule has 0 spiro atoms. The van der Waals surface area contributed by atoms with Crippen LogP contribution in [-0.4, -0.2) is 20.7 Å². The number of carbonyl (C=O) groups is 1. The van der Waals surface area contributed by atoms with Gasteiger partial charge in [-0.15, -0.1) is 5.10 Å². The Morgan fingerprint density at radius 3 is 2.16 bits per heavy atom. The van der Waals surface area contributed by atoms with Crippen molar-refractivity contribution in [3.8, 4) is 17.1 Å². The van der Waals surface area contributed by atoms with Gasteiger partial charge in [0.1, 0.15) is 0 Å². The number of anilines is 1. The zero-order chi connectivity index (χ0) is 22.1. The highest BCUT2D eigenvalue weighted by atomic mass is 16.2. The Labute approximate surface area is 186 Å². The molecule has 1 heterocycles. The average molecular weight is 419 g/mol. The highest BCUT2D eigenvalue weighted by Crippen LogP contribution is 2.23. The van der Waals surface area contributed by atoms with Crippen LogP contribution in [-0.2, 0) is 0 Å². The van der Waals surface area contributed by atoms with Crippen molar-refractivity contribution in [2.45, 2.75) is 13.8 Å². The number of rotatable bonds is 4. The minimum atomic E-state index is -0.348. The van der Waals surface area contributed by atoms with Crippen molar-refractivity contribution >= 4 is 22.4 Å². The number of nitrogens with one attached hydrogen (secondary N) is 1. The number of amides is 1. The molecule has 5 nitrogen and oxygen atoms in total. The van der Waals surface area contributed by atoms with Crippen LogP contribution >= 0.6 is 0 Å². The molecule has 0 unspecified atom stereocenters. The quantitative estimate of drug-likeness (QED) is 0.392. The molecular formula is C27H22N4O. The van der Waals surface area contributed by atoms with Gasteiger partial charge in [0.25, 0.3) is 5.91 Å². The lowest BCUT2D eigenvalue weighted by Gasteiger charge is -2.06. The maximum Gasteiger partial charge on any atom is 0.295 e. The average Bonchev–Trinajstić information content (AvgIpc) is 3.26. The van der Waals surface area contributed by atoms with Gasteiger partial charge in [-0.3, -0.25) is 4.79 Å². The van der Waals surface area contributed by atoms with Crippen LogP contribution in [0.3, 0.4) is 0 Å². The number of hydrogen-bond donors (Lipinski definition) is 1. The monoisotopic (exact) mass is 418 g/mol. The Kier molecular flexibility index (Phi) is 5.00. The summed E-state index contributed by atoms with van der Waals surface area (Å²) in [7, 11) is 0. The first-order chi connectivity index (χ1) is 15.6. The molecule has 0 bridgehead atoms. The molecule has 1 aromatic heterocycles. The van der Waals surface area contributed by atoms with Crippen LogP contribution in [0.25, 0.3) is 27.8 Å². The summed E-state index contributed by atoms with van der Waals surface area (Å²) in [5.74, 6) is 0.395. The maximum absolute atomic E-state index is 13.0. The summed E-state index contributed by atoms with van der Waals surface area (Å²) in [5.41, 5.74) is 4.76. The first-order valence-electron chi connectivity index (χ1n) is 10.5. The lowest BCUT2D eigenvalue weighted by atomic mass is 10.1. The second-order valence-corrected chi connectivity index (χ2v) is 7.89. The predicted molar refractivity (Wildman–Crippen MR) is 128 cm³/mol. The highest BCUT2D eigenvalue weighted by Gasteiger charge is 2.19. The van der Waals surface area contributed by atoms with Crippen LogP contribution in [0.5, 0.6) is 0 Å². The highest BCUT2D eigenvalue weighted by molar-refractivity contribution is 6.03. The first-order valence-corrected chi connectivity index (χ1v) is 10.5. The zero-order valence-electron chi connectivity index (χ0n) is 17.9. The number of hydrogen-bond acceptors (Lipinski definition) is 3. The Hall–Kier alpha value is -4.25. The number of carbonyl (C=O) groups excluding carboxylic acids is 1. The van der Waals surface area contributed by atoms with E-state index in [4.69, 9.17) is 0 Å². The summed E-state index contributed by atoms with van der Waals surface area (Å²) in [5, 5.41) is 9.67. The molecule has 156 valence electrons. The summed E-state index contributed by atoms with van der Waals surface area (Å²) >= 11 is 0. The van der Waals surface area contributed by atoms with Gasteiger partial charge < -0.3 is 5.32 Å². The van der Waals surface area contributed by atoms with Crippen molar-refractivity contribution in [1.29, 1.82) is 0 Å². The zero-order valence-corrected chi connectivity index (χ0v) is 17.9. The van der Waals surface area contributed by atoms with Crippen molar-refractivity contribution in [3.05, 3.63) is 108 Å². The SMILES string of the molecule is Cc1ccc(-c2nc(C(=O)Nc3ccc4ccccc4c3)nn2-c2ccc(C)cc2)cc1. The standard InChI is InChI=1S/C27H22N4O/c1-18-7-11-21(12-8-18)26-29-25(30-31(26)24-15-9-19(2)10-16-24)27(32)28-23-14-13-20-5-3-4-6-22(20)17-23/h3-17H,1-2H3,(H,28,32). The first kappa shape index (κ1) is 19.7. The van der Waals surface area contributed by atoms with Crippen molar-refractivity contribution in [1.82, 2.24) is 14.8 Å². The Morgan fingerprint density at radius 1 is 0.781 bits per heavy atom. The van der Waals surface area contributed by atoms with Crippen LogP contribution in [0.4, 0.5) is 5.69 Å². The molecule has 0 saturated carbocycles. The van der Waals surface area contributed by atoms with Gasteiger partial charge in [0.15, 0.2) is 5.82 Å². The van der Waals surface area contributed by atoms with Gasteiger partial charge in [0.05, 0.1) is 5.69 Å². The summed E-state index contributed by atoms with van der Waals surface area (Å²) in [4.78, 5) is 17.6. The molecule has 0 atom stereocenters. The van der Waals surface area contributed by atoms with Crippen molar-refractivity contribution in [2.24, 2.45) is 0 Å². The minimum Gasteiger partial charge on any atom is -0.319 e. The second-order valence-electron chi connectivity index (χ2n) is 7.89. The van der Waals surface area contributed by atoms with Gasteiger partial charge in [-0.25, -0.2) is 9.67 Å². The van der Waals surface area contributed by atoms with E-state index in [-0.39, 0.29) is 11.7 Å². The van der Waals surface area contributed by atoms with E-state index in [0.717, 1.165) is 33.2 Å². The van der Waals surface area contributed by atoms with Crippen LogP contribution in [0.2, 0.25) is 0 Å². The molecule has 5 aromatic rings. The van der Waals surface area contributed by atoms with Gasteiger partial charge in [-0.1, -0.05) is 77.9 Å². The molecule has 0 radical (unpaired) electrons. The molecular weight excluding hydrogens is 396 g/mol. The van der Waals surface area contributed by atoms with Gasteiger partial charge >= 0.3 is 0 Å². The molecule has 0 saturated heterocycles.